The van der Waals surface area contributed by atoms with Crippen LogP contribution >= 0.6 is 0 Å². The molecule has 0 saturated heterocycles. The fourth-order valence-corrected chi connectivity index (χ4v) is 4.23. The molecule has 34 heavy (non-hydrogen) atoms. The van der Waals surface area contributed by atoms with E-state index in [1.165, 1.54) is 0 Å². The van der Waals surface area contributed by atoms with Crippen molar-refractivity contribution >= 4 is 33.7 Å². The van der Waals surface area contributed by atoms with Crippen molar-refractivity contribution < 1.29 is 14.7 Å². The number of nitrogens with zero attached hydrogens (tertiary/aromatic N) is 1. The van der Waals surface area contributed by atoms with Gasteiger partial charge in [0, 0.05) is 23.5 Å². The minimum absolute atomic E-state index is 0.0141. The van der Waals surface area contributed by atoms with Crippen molar-refractivity contribution in [3.05, 3.63) is 81.1 Å². The number of carboxylic acids is 1. The molecule has 0 aliphatic rings. The number of fused-ring (bicyclic) bond motifs is 2. The molecule has 0 unspecified atom stereocenters. The number of rotatable bonds is 8. The van der Waals surface area contributed by atoms with E-state index in [-0.39, 0.29) is 24.1 Å². The van der Waals surface area contributed by atoms with Crippen molar-refractivity contribution in [2.75, 3.05) is 0 Å². The summed E-state index contributed by atoms with van der Waals surface area (Å²) in [7, 11) is 0. The van der Waals surface area contributed by atoms with Crippen molar-refractivity contribution in [1.82, 2.24) is 19.9 Å². The molecule has 0 spiro atoms. The van der Waals surface area contributed by atoms with Gasteiger partial charge in [-0.25, -0.2) is 14.2 Å². The van der Waals surface area contributed by atoms with Gasteiger partial charge in [0.05, 0.1) is 10.9 Å². The quantitative estimate of drug-likeness (QED) is 0.319. The van der Waals surface area contributed by atoms with E-state index >= 15 is 0 Å². The molecule has 0 aliphatic carbocycles. The Balaban J connectivity index is 1.82. The van der Waals surface area contributed by atoms with Gasteiger partial charge in [0.2, 0.25) is 5.91 Å². The normalized spacial score (nSPS) is 13.3. The van der Waals surface area contributed by atoms with Crippen LogP contribution in [-0.4, -0.2) is 37.6 Å². The Morgan fingerprint density at radius 3 is 2.32 bits per heavy atom. The number of hydrogen-bond donors (Lipinski definition) is 4. The minimum atomic E-state index is -1.26. The summed E-state index contributed by atoms with van der Waals surface area (Å²) < 4.78 is 0.883. The van der Waals surface area contributed by atoms with Crippen LogP contribution < -0.4 is 16.6 Å². The van der Waals surface area contributed by atoms with E-state index in [1.54, 1.807) is 30.5 Å². The molecule has 176 valence electrons. The Labute approximate surface area is 194 Å². The average Bonchev–Trinajstić information content (AvgIpc) is 3.20. The lowest BCUT2D eigenvalue weighted by Crippen LogP contribution is -2.49. The Kier molecular flexibility index (Phi) is 6.36. The Hall–Kier alpha value is -4.14. The minimum Gasteiger partial charge on any atom is -0.480 e. The summed E-state index contributed by atoms with van der Waals surface area (Å²) in [6.07, 6.45) is 1.96. The van der Waals surface area contributed by atoms with Crippen molar-refractivity contribution in [2.45, 2.75) is 38.8 Å². The summed E-state index contributed by atoms with van der Waals surface area (Å²) in [5, 5.41) is 13.3. The van der Waals surface area contributed by atoms with Gasteiger partial charge >= 0.3 is 11.7 Å². The summed E-state index contributed by atoms with van der Waals surface area (Å²) in [6.45, 7) is 3.70. The number of nitrogens with one attached hydrogen (secondary N) is 3. The molecule has 9 heteroatoms. The second-order valence-electron chi connectivity index (χ2n) is 8.76. The molecular weight excluding hydrogens is 436 g/mol. The first-order valence-corrected chi connectivity index (χ1v) is 11.1. The maximum absolute atomic E-state index is 13.4. The highest BCUT2D eigenvalue weighted by molar-refractivity contribution is 5.88. The largest absolute Gasteiger partial charge is 0.480 e. The average molecular weight is 463 g/mol. The van der Waals surface area contributed by atoms with Crippen molar-refractivity contribution in [2.24, 2.45) is 5.92 Å². The first-order valence-electron chi connectivity index (χ1n) is 11.1. The fraction of sp³-hybridized carbons (Fsp3) is 0.280. The monoisotopic (exact) mass is 462 g/mol. The number of amides is 1. The molecule has 2 aromatic carbocycles. The number of carbonyl (C=O) groups is 2. The number of aromatic amines is 2. The molecule has 4 aromatic rings. The number of aliphatic carboxylic acids is 1. The smallest absolute Gasteiger partial charge is 0.329 e. The molecule has 4 N–H and O–H groups in total. The highest BCUT2D eigenvalue weighted by Crippen LogP contribution is 2.23. The van der Waals surface area contributed by atoms with E-state index in [1.807, 2.05) is 38.1 Å². The van der Waals surface area contributed by atoms with Crippen molar-refractivity contribution in [1.29, 1.82) is 0 Å². The second kappa shape index (κ2) is 9.38. The molecule has 0 fully saturated rings. The number of H-pyrrole nitrogens is 2. The number of aromatic nitrogens is 3. The van der Waals surface area contributed by atoms with E-state index in [0.29, 0.717) is 5.52 Å². The van der Waals surface area contributed by atoms with Crippen LogP contribution in [0.15, 0.2) is 64.3 Å². The molecule has 0 aliphatic heterocycles. The number of carbonyl (C=O) groups excluding carboxylic acids is 1. The number of hydrogen-bond acceptors (Lipinski definition) is 4. The zero-order chi connectivity index (χ0) is 24.4. The lowest BCUT2D eigenvalue weighted by Gasteiger charge is -2.22. The molecule has 4 rings (SSSR count). The SMILES string of the molecule is CC(C)C[C@H](NC(=O)[C@@H](Cc1c[nH]c2ccccc12)n1c(=O)[nH]c2ccccc2c1=O)C(=O)O. The molecule has 1 amide bonds. The van der Waals surface area contributed by atoms with E-state index in [0.717, 1.165) is 21.0 Å². The number of carboxylic acid groups (broad SMARTS) is 1. The highest BCUT2D eigenvalue weighted by Gasteiger charge is 2.30. The summed E-state index contributed by atoms with van der Waals surface area (Å²) in [5.41, 5.74) is 0.586. The molecule has 2 heterocycles. The third kappa shape index (κ3) is 4.50. The van der Waals surface area contributed by atoms with Crippen LogP contribution in [0, 0.1) is 5.92 Å². The van der Waals surface area contributed by atoms with Crippen LogP contribution in [0.2, 0.25) is 0 Å². The van der Waals surface area contributed by atoms with Crippen molar-refractivity contribution in [3.63, 3.8) is 0 Å². The molecule has 2 aromatic heterocycles. The van der Waals surface area contributed by atoms with Gasteiger partial charge in [-0.1, -0.05) is 44.2 Å². The van der Waals surface area contributed by atoms with Crippen LogP contribution in [0.1, 0.15) is 31.9 Å². The van der Waals surface area contributed by atoms with Crippen molar-refractivity contribution in [3.8, 4) is 0 Å². The predicted octanol–water partition coefficient (Wildman–Crippen LogP) is 2.57. The third-order valence-corrected chi connectivity index (χ3v) is 5.86. The Bertz CT molecular complexity index is 1480. The van der Waals surface area contributed by atoms with Gasteiger partial charge in [-0.05, 0) is 36.1 Å². The summed E-state index contributed by atoms with van der Waals surface area (Å²) >= 11 is 0. The standard InChI is InChI=1S/C25H26N4O5/c1-14(2)11-20(24(32)33)27-22(30)21(12-15-13-26-18-9-5-3-7-16(15)18)29-23(31)17-8-4-6-10-19(17)28-25(29)34/h3-10,13-14,20-21,26H,11-12H2,1-2H3,(H,27,30)(H,28,34)(H,32,33)/t20-,21+/m0/s1. The van der Waals surface area contributed by atoms with Crippen LogP contribution in [0.3, 0.4) is 0 Å². The first kappa shape index (κ1) is 23.0. The number of para-hydroxylation sites is 2. The van der Waals surface area contributed by atoms with Gasteiger partial charge in [-0.3, -0.25) is 9.59 Å². The van der Waals surface area contributed by atoms with Gasteiger partial charge in [0.15, 0.2) is 0 Å². The predicted molar refractivity (Wildman–Crippen MR) is 129 cm³/mol. The van der Waals surface area contributed by atoms with Crippen LogP contribution in [-0.2, 0) is 16.0 Å². The van der Waals surface area contributed by atoms with Gasteiger partial charge in [0.25, 0.3) is 5.56 Å². The molecule has 2 atom stereocenters. The van der Waals surface area contributed by atoms with Crippen LogP contribution in [0.25, 0.3) is 21.8 Å². The lowest BCUT2D eigenvalue weighted by atomic mass is 10.0. The Morgan fingerprint density at radius 1 is 1.00 bits per heavy atom. The summed E-state index contributed by atoms with van der Waals surface area (Å²) in [4.78, 5) is 57.3. The molecule has 9 nitrogen and oxygen atoms in total. The van der Waals surface area contributed by atoms with Gasteiger partial charge in [-0.2, -0.15) is 0 Å². The van der Waals surface area contributed by atoms with Gasteiger partial charge in [-0.15, -0.1) is 0 Å². The lowest BCUT2D eigenvalue weighted by molar-refractivity contribution is -0.142. The van der Waals surface area contributed by atoms with Gasteiger partial charge in [0.1, 0.15) is 12.1 Å². The maximum Gasteiger partial charge on any atom is 0.329 e. The zero-order valence-electron chi connectivity index (χ0n) is 18.9. The maximum atomic E-state index is 13.4. The Morgan fingerprint density at radius 2 is 1.65 bits per heavy atom. The fourth-order valence-electron chi connectivity index (χ4n) is 4.23. The molecule has 0 bridgehead atoms. The van der Waals surface area contributed by atoms with E-state index in [4.69, 9.17) is 0 Å². The molecular formula is C25H26N4O5. The molecule has 0 saturated carbocycles. The summed E-state index contributed by atoms with van der Waals surface area (Å²) in [5.74, 6) is -1.87. The van der Waals surface area contributed by atoms with Crippen LogP contribution in [0.4, 0.5) is 0 Å². The van der Waals surface area contributed by atoms with E-state index in [2.05, 4.69) is 15.3 Å². The first-order chi connectivity index (χ1) is 16.3. The summed E-state index contributed by atoms with van der Waals surface area (Å²) in [6, 6.07) is 11.6. The number of benzene rings is 2. The van der Waals surface area contributed by atoms with E-state index < -0.39 is 35.2 Å². The third-order valence-electron chi connectivity index (χ3n) is 5.86. The van der Waals surface area contributed by atoms with Crippen LogP contribution in [0.5, 0.6) is 0 Å². The molecule has 0 radical (unpaired) electrons. The second-order valence-corrected chi connectivity index (χ2v) is 8.76. The van der Waals surface area contributed by atoms with E-state index in [9.17, 15) is 24.3 Å². The topological polar surface area (TPSA) is 137 Å². The zero-order valence-corrected chi connectivity index (χ0v) is 18.9. The highest BCUT2D eigenvalue weighted by atomic mass is 16.4. The van der Waals surface area contributed by atoms with Gasteiger partial charge < -0.3 is 20.4 Å².